The quantitative estimate of drug-likeness (QED) is 0.811. The second-order valence-corrected chi connectivity index (χ2v) is 9.89. The van der Waals surface area contributed by atoms with Gasteiger partial charge >= 0.3 is 0 Å². The Hall–Kier alpha value is -1.69. The highest BCUT2D eigenvalue weighted by Crippen LogP contribution is 2.36. The molecule has 1 atom stereocenters. The SMILES string of the molecule is CS(=O)(=O)c1ccc2ncnc(N3CCCC3CC3CCCCC3)c2c1. The molecule has 2 aliphatic rings. The number of aromatic nitrogens is 2. The van der Waals surface area contributed by atoms with Gasteiger partial charge in [-0.25, -0.2) is 18.4 Å². The average Bonchev–Trinajstić information content (AvgIpc) is 3.08. The van der Waals surface area contributed by atoms with Crippen molar-refractivity contribution in [3.63, 3.8) is 0 Å². The number of fused-ring (bicyclic) bond motifs is 1. The molecule has 1 saturated carbocycles. The second-order valence-electron chi connectivity index (χ2n) is 7.88. The monoisotopic (exact) mass is 373 g/mol. The van der Waals surface area contributed by atoms with Crippen LogP contribution in [0.2, 0.25) is 0 Å². The van der Waals surface area contributed by atoms with Gasteiger partial charge in [-0.1, -0.05) is 32.1 Å². The zero-order valence-corrected chi connectivity index (χ0v) is 16.2. The van der Waals surface area contributed by atoms with E-state index in [0.29, 0.717) is 10.9 Å². The van der Waals surface area contributed by atoms with Crippen molar-refractivity contribution in [3.8, 4) is 0 Å². The van der Waals surface area contributed by atoms with E-state index in [-0.39, 0.29) is 0 Å². The highest BCUT2D eigenvalue weighted by molar-refractivity contribution is 7.90. The molecule has 0 amide bonds. The van der Waals surface area contributed by atoms with Gasteiger partial charge in [-0.15, -0.1) is 0 Å². The van der Waals surface area contributed by atoms with Crippen LogP contribution in [0, 0.1) is 5.92 Å². The van der Waals surface area contributed by atoms with Crippen LogP contribution < -0.4 is 4.90 Å². The zero-order chi connectivity index (χ0) is 18.1. The molecule has 26 heavy (non-hydrogen) atoms. The van der Waals surface area contributed by atoms with E-state index in [1.807, 2.05) is 0 Å². The molecule has 2 fully saturated rings. The first kappa shape index (κ1) is 17.7. The lowest BCUT2D eigenvalue weighted by Gasteiger charge is -2.31. The number of hydrogen-bond acceptors (Lipinski definition) is 5. The summed E-state index contributed by atoms with van der Waals surface area (Å²) in [6.45, 7) is 0.993. The van der Waals surface area contributed by atoms with Gasteiger partial charge in [0.1, 0.15) is 12.1 Å². The van der Waals surface area contributed by atoms with Crippen molar-refractivity contribution in [1.29, 1.82) is 0 Å². The van der Waals surface area contributed by atoms with Gasteiger partial charge in [0, 0.05) is 24.2 Å². The van der Waals surface area contributed by atoms with E-state index < -0.39 is 9.84 Å². The Morgan fingerprint density at radius 3 is 2.65 bits per heavy atom. The Labute approximate surface area is 155 Å². The summed E-state index contributed by atoms with van der Waals surface area (Å²) in [5, 5.41) is 0.853. The van der Waals surface area contributed by atoms with Crippen LogP contribution in [0.3, 0.4) is 0 Å². The third-order valence-corrected chi connectivity index (χ3v) is 7.10. The van der Waals surface area contributed by atoms with Crippen molar-refractivity contribution in [2.45, 2.75) is 62.3 Å². The minimum absolute atomic E-state index is 0.337. The summed E-state index contributed by atoms with van der Waals surface area (Å²) in [5.41, 5.74) is 0.811. The Balaban J connectivity index is 1.68. The van der Waals surface area contributed by atoms with E-state index in [0.717, 1.165) is 29.2 Å². The molecule has 1 saturated heterocycles. The first-order valence-corrected chi connectivity index (χ1v) is 11.6. The van der Waals surface area contributed by atoms with E-state index in [2.05, 4.69) is 14.9 Å². The predicted molar refractivity (Wildman–Crippen MR) is 104 cm³/mol. The average molecular weight is 374 g/mol. The van der Waals surface area contributed by atoms with Gasteiger partial charge in [0.25, 0.3) is 0 Å². The fourth-order valence-corrected chi connectivity index (χ4v) is 5.30. The number of sulfone groups is 1. The van der Waals surface area contributed by atoms with Crippen LogP contribution in [-0.2, 0) is 9.84 Å². The molecule has 2 heterocycles. The maximum absolute atomic E-state index is 12.0. The maximum Gasteiger partial charge on any atom is 0.175 e. The summed E-state index contributed by atoms with van der Waals surface area (Å²) in [7, 11) is -3.24. The van der Waals surface area contributed by atoms with Crippen LogP contribution in [0.5, 0.6) is 0 Å². The van der Waals surface area contributed by atoms with E-state index in [9.17, 15) is 8.42 Å². The second kappa shape index (κ2) is 7.14. The van der Waals surface area contributed by atoms with Crippen LogP contribution in [-0.4, -0.2) is 37.2 Å². The molecular weight excluding hydrogens is 346 g/mol. The lowest BCUT2D eigenvalue weighted by Crippen LogP contribution is -2.32. The van der Waals surface area contributed by atoms with Crippen LogP contribution in [0.1, 0.15) is 51.4 Å². The Bertz CT molecular complexity index is 891. The van der Waals surface area contributed by atoms with Crippen LogP contribution in [0.4, 0.5) is 5.82 Å². The van der Waals surface area contributed by atoms with E-state index in [1.54, 1.807) is 24.5 Å². The molecule has 140 valence electrons. The van der Waals surface area contributed by atoms with Gasteiger partial charge in [-0.2, -0.15) is 0 Å². The number of anilines is 1. The standard InChI is InChI=1S/C20H27N3O2S/c1-26(24,25)17-9-10-19-18(13-17)20(22-14-21-19)23-11-5-8-16(23)12-15-6-3-2-4-7-15/h9-10,13-16H,2-8,11-12H2,1H3. The lowest BCUT2D eigenvalue weighted by molar-refractivity contribution is 0.317. The van der Waals surface area contributed by atoms with Crippen molar-refractivity contribution in [2.75, 3.05) is 17.7 Å². The van der Waals surface area contributed by atoms with Gasteiger partial charge in [-0.3, -0.25) is 0 Å². The Morgan fingerprint density at radius 2 is 1.88 bits per heavy atom. The van der Waals surface area contributed by atoms with Crippen molar-refractivity contribution in [3.05, 3.63) is 24.5 Å². The topological polar surface area (TPSA) is 63.2 Å². The van der Waals surface area contributed by atoms with Crippen LogP contribution >= 0.6 is 0 Å². The predicted octanol–water partition coefficient (Wildman–Crippen LogP) is 3.97. The molecule has 0 spiro atoms. The van der Waals surface area contributed by atoms with Gasteiger partial charge in [0.05, 0.1) is 10.4 Å². The van der Waals surface area contributed by atoms with Crippen LogP contribution in [0.15, 0.2) is 29.4 Å². The molecule has 0 N–H and O–H groups in total. The molecule has 2 aromatic rings. The fraction of sp³-hybridized carbons (Fsp3) is 0.600. The van der Waals surface area contributed by atoms with E-state index in [1.165, 1.54) is 57.6 Å². The summed E-state index contributed by atoms with van der Waals surface area (Å²) in [6, 6.07) is 5.69. The number of nitrogens with zero attached hydrogens (tertiary/aromatic N) is 3. The van der Waals surface area contributed by atoms with Gasteiger partial charge in [0.15, 0.2) is 9.84 Å². The van der Waals surface area contributed by atoms with Gasteiger partial charge < -0.3 is 4.90 Å². The summed E-state index contributed by atoms with van der Waals surface area (Å²) < 4.78 is 24.0. The third-order valence-electron chi connectivity index (χ3n) is 5.99. The van der Waals surface area contributed by atoms with Crippen LogP contribution in [0.25, 0.3) is 10.9 Å². The molecular formula is C20H27N3O2S. The number of hydrogen-bond donors (Lipinski definition) is 0. The summed E-state index contributed by atoms with van der Waals surface area (Å²) in [4.78, 5) is 11.7. The molecule has 1 aliphatic heterocycles. The number of rotatable bonds is 4. The Morgan fingerprint density at radius 1 is 1.08 bits per heavy atom. The minimum Gasteiger partial charge on any atom is -0.353 e. The van der Waals surface area contributed by atoms with Gasteiger partial charge in [-0.05, 0) is 43.4 Å². The van der Waals surface area contributed by atoms with E-state index >= 15 is 0 Å². The lowest BCUT2D eigenvalue weighted by atomic mass is 9.84. The molecule has 1 aromatic heterocycles. The van der Waals surface area contributed by atoms with Crippen molar-refractivity contribution in [1.82, 2.24) is 9.97 Å². The molecule has 0 bridgehead atoms. The highest BCUT2D eigenvalue weighted by atomic mass is 32.2. The molecule has 6 heteroatoms. The molecule has 5 nitrogen and oxygen atoms in total. The molecule has 0 radical (unpaired) electrons. The van der Waals surface area contributed by atoms with Crippen molar-refractivity contribution >= 4 is 26.6 Å². The Kier molecular flexibility index (Phi) is 4.86. The summed E-state index contributed by atoms with van der Waals surface area (Å²) in [5.74, 6) is 1.73. The van der Waals surface area contributed by atoms with Gasteiger partial charge in [0.2, 0.25) is 0 Å². The first-order valence-electron chi connectivity index (χ1n) is 9.74. The molecule has 1 unspecified atom stereocenters. The normalized spacial score (nSPS) is 22.2. The number of benzene rings is 1. The zero-order valence-electron chi connectivity index (χ0n) is 15.4. The largest absolute Gasteiger partial charge is 0.353 e. The summed E-state index contributed by atoms with van der Waals surface area (Å²) in [6.07, 6.45) is 13.3. The minimum atomic E-state index is -3.24. The summed E-state index contributed by atoms with van der Waals surface area (Å²) >= 11 is 0. The van der Waals surface area contributed by atoms with Crippen molar-refractivity contribution in [2.24, 2.45) is 5.92 Å². The van der Waals surface area contributed by atoms with Crippen molar-refractivity contribution < 1.29 is 8.42 Å². The molecule has 1 aromatic carbocycles. The maximum atomic E-state index is 12.0. The third kappa shape index (κ3) is 3.56. The fourth-order valence-electron chi connectivity index (χ4n) is 4.65. The molecule has 4 rings (SSSR count). The molecule has 1 aliphatic carbocycles. The highest BCUT2D eigenvalue weighted by Gasteiger charge is 2.30. The first-order chi connectivity index (χ1) is 12.5. The van der Waals surface area contributed by atoms with E-state index in [4.69, 9.17) is 0 Å². The smallest absolute Gasteiger partial charge is 0.175 e.